The van der Waals surface area contributed by atoms with Crippen molar-refractivity contribution < 1.29 is 38.2 Å². The van der Waals surface area contributed by atoms with E-state index >= 15 is 0 Å². The Labute approximate surface area is 229 Å². The third kappa shape index (κ3) is 6.31. The average Bonchev–Trinajstić information content (AvgIpc) is 3.18. The van der Waals surface area contributed by atoms with Crippen LogP contribution in [0.2, 0.25) is 5.02 Å². The molecule has 3 aliphatic heterocycles. The number of halogens is 1. The monoisotopic (exact) mass is 563 g/mol. The molecule has 0 spiro atoms. The van der Waals surface area contributed by atoms with Crippen molar-refractivity contribution in [2.75, 3.05) is 18.5 Å². The molecule has 1 unspecified atom stereocenters. The van der Waals surface area contributed by atoms with E-state index in [1.807, 2.05) is 0 Å². The molecule has 210 valence electrons. The van der Waals surface area contributed by atoms with Crippen LogP contribution in [0.3, 0.4) is 0 Å². The summed E-state index contributed by atoms with van der Waals surface area (Å²) in [6.45, 7) is 3.57. The van der Waals surface area contributed by atoms with Gasteiger partial charge in [-0.15, -0.1) is 0 Å². The highest BCUT2D eigenvalue weighted by Crippen LogP contribution is 2.27. The van der Waals surface area contributed by atoms with E-state index in [0.29, 0.717) is 12.1 Å². The molecule has 5 amide bonds. The van der Waals surface area contributed by atoms with Crippen molar-refractivity contribution in [3.05, 3.63) is 28.8 Å². The summed E-state index contributed by atoms with van der Waals surface area (Å²) in [5, 5.41) is 10.5. The van der Waals surface area contributed by atoms with E-state index in [2.05, 4.69) is 16.0 Å². The first-order chi connectivity index (χ1) is 18.6. The van der Waals surface area contributed by atoms with E-state index in [9.17, 15) is 28.8 Å². The molecule has 0 aliphatic carbocycles. The molecule has 39 heavy (non-hydrogen) atoms. The minimum absolute atomic E-state index is 0.0128. The highest BCUT2D eigenvalue weighted by Gasteiger charge is 2.46. The normalized spacial score (nSPS) is 24.9. The number of nitrogens with zero attached hydrogens (tertiary/aromatic N) is 2. The van der Waals surface area contributed by atoms with Gasteiger partial charge in [-0.25, -0.2) is 5.01 Å². The number of carbonyl (C=O) groups is 6. The Morgan fingerprint density at radius 3 is 2.62 bits per heavy atom. The minimum atomic E-state index is -1.08. The van der Waals surface area contributed by atoms with Gasteiger partial charge in [-0.3, -0.25) is 33.8 Å². The second-order valence-electron chi connectivity index (χ2n) is 9.43. The van der Waals surface area contributed by atoms with Gasteiger partial charge in [-0.2, -0.15) is 0 Å². The molecule has 4 rings (SSSR count). The maximum atomic E-state index is 13.7. The second-order valence-corrected chi connectivity index (χ2v) is 9.84. The van der Waals surface area contributed by atoms with Gasteiger partial charge >= 0.3 is 5.97 Å². The Kier molecular flexibility index (Phi) is 8.70. The van der Waals surface area contributed by atoms with Crippen molar-refractivity contribution in [1.82, 2.24) is 20.7 Å². The molecule has 0 aromatic heterocycles. The van der Waals surface area contributed by atoms with Crippen LogP contribution in [0.4, 0.5) is 5.69 Å². The summed E-state index contributed by atoms with van der Waals surface area (Å²) in [4.78, 5) is 76.0. The van der Waals surface area contributed by atoms with Gasteiger partial charge in [0.1, 0.15) is 18.1 Å². The SMILES string of the molecule is CCOC1OC(=O)C[C@@H]1NC(=O)[C@@H]1CCCN2C(=O)CC[C@H](NC(=O)c3ccc(NC(C)=O)c(Cl)c3)C(=O)N12. The number of carbonyl (C=O) groups excluding carboxylic acids is 6. The molecular weight excluding hydrogens is 534 g/mol. The number of esters is 1. The summed E-state index contributed by atoms with van der Waals surface area (Å²) in [5.74, 6) is -2.95. The number of cyclic esters (lactones) is 1. The lowest BCUT2D eigenvalue weighted by Crippen LogP contribution is -2.64. The third-order valence-electron chi connectivity index (χ3n) is 6.63. The number of hydrazine groups is 1. The minimum Gasteiger partial charge on any atom is -0.433 e. The highest BCUT2D eigenvalue weighted by atomic mass is 35.5. The summed E-state index contributed by atoms with van der Waals surface area (Å²) in [7, 11) is 0. The Balaban J connectivity index is 1.51. The molecule has 0 saturated carbocycles. The number of hydrogen-bond donors (Lipinski definition) is 3. The van der Waals surface area contributed by atoms with Gasteiger partial charge in [0.05, 0.1) is 17.1 Å². The Bertz CT molecular complexity index is 1190. The second kappa shape index (κ2) is 12.0. The number of anilines is 1. The maximum Gasteiger partial charge on any atom is 0.310 e. The van der Waals surface area contributed by atoms with Crippen LogP contribution in [-0.2, 0) is 33.4 Å². The lowest BCUT2D eigenvalue weighted by molar-refractivity contribution is -0.177. The first kappa shape index (κ1) is 28.3. The summed E-state index contributed by atoms with van der Waals surface area (Å²) < 4.78 is 10.5. The number of benzene rings is 1. The van der Waals surface area contributed by atoms with Gasteiger partial charge in [0.15, 0.2) is 0 Å². The molecule has 3 saturated heterocycles. The fourth-order valence-electron chi connectivity index (χ4n) is 4.84. The standard InChI is InChI=1S/C25H30ClN5O8/c1-3-38-25-18(12-21(34)39-25)29-23(36)19-5-4-10-30-20(33)9-8-17(24(37)31(19)30)28-22(35)14-6-7-16(15(26)11-14)27-13(2)32/h6-7,11,17-19,25H,3-5,8-10,12H2,1-2H3,(H,27,32)(H,28,35)(H,29,36)/t17-,18-,19-,25?/m0/s1. The summed E-state index contributed by atoms with van der Waals surface area (Å²) in [6, 6.07) is 1.42. The van der Waals surface area contributed by atoms with Crippen molar-refractivity contribution in [3.8, 4) is 0 Å². The first-order valence-electron chi connectivity index (χ1n) is 12.7. The van der Waals surface area contributed by atoms with Gasteiger partial charge in [-0.05, 0) is 44.4 Å². The average molecular weight is 564 g/mol. The van der Waals surface area contributed by atoms with Crippen molar-refractivity contribution >= 4 is 52.8 Å². The quantitative estimate of drug-likeness (QED) is 0.408. The largest absolute Gasteiger partial charge is 0.433 e. The van der Waals surface area contributed by atoms with Crippen molar-refractivity contribution in [1.29, 1.82) is 0 Å². The van der Waals surface area contributed by atoms with E-state index in [4.69, 9.17) is 21.1 Å². The first-order valence-corrected chi connectivity index (χ1v) is 13.1. The summed E-state index contributed by atoms with van der Waals surface area (Å²) in [6.07, 6.45) is -0.228. The van der Waals surface area contributed by atoms with E-state index in [-0.39, 0.29) is 61.2 Å². The molecule has 14 heteroatoms. The Morgan fingerprint density at radius 1 is 1.15 bits per heavy atom. The molecule has 1 aromatic rings. The topological polar surface area (TPSA) is 163 Å². The van der Waals surface area contributed by atoms with Crippen LogP contribution in [0.1, 0.15) is 56.3 Å². The number of hydrogen-bond acceptors (Lipinski definition) is 8. The third-order valence-corrected chi connectivity index (χ3v) is 6.95. The van der Waals surface area contributed by atoms with Crippen molar-refractivity contribution in [3.63, 3.8) is 0 Å². The zero-order chi connectivity index (χ0) is 28.3. The molecule has 13 nitrogen and oxygen atoms in total. The van der Waals surface area contributed by atoms with Gasteiger partial charge in [-0.1, -0.05) is 11.6 Å². The van der Waals surface area contributed by atoms with E-state index in [1.54, 1.807) is 6.92 Å². The van der Waals surface area contributed by atoms with Gasteiger partial charge < -0.3 is 25.4 Å². The van der Waals surface area contributed by atoms with Gasteiger partial charge in [0.25, 0.3) is 11.8 Å². The molecule has 1 aromatic carbocycles. The number of amides is 5. The van der Waals surface area contributed by atoms with Gasteiger partial charge in [0, 0.05) is 32.1 Å². The van der Waals surface area contributed by atoms with E-state index in [1.165, 1.54) is 30.1 Å². The highest BCUT2D eigenvalue weighted by molar-refractivity contribution is 6.34. The fraction of sp³-hybridized carbons (Fsp3) is 0.520. The number of fused-ring (bicyclic) bond motifs is 1. The van der Waals surface area contributed by atoms with E-state index < -0.39 is 48.1 Å². The molecule has 3 aliphatic rings. The lowest BCUT2D eigenvalue weighted by Gasteiger charge is -2.43. The van der Waals surface area contributed by atoms with Gasteiger partial charge in [0.2, 0.25) is 24.0 Å². The zero-order valence-corrected chi connectivity index (χ0v) is 22.3. The van der Waals surface area contributed by atoms with Crippen LogP contribution in [-0.4, -0.2) is 83.1 Å². The number of rotatable bonds is 7. The Morgan fingerprint density at radius 2 is 1.92 bits per heavy atom. The van der Waals surface area contributed by atoms with Crippen LogP contribution in [0.15, 0.2) is 18.2 Å². The lowest BCUT2D eigenvalue weighted by atomic mass is 10.0. The van der Waals surface area contributed by atoms with Crippen LogP contribution in [0, 0.1) is 0 Å². The number of ether oxygens (including phenoxy) is 2. The summed E-state index contributed by atoms with van der Waals surface area (Å²) in [5.41, 5.74) is 0.478. The van der Waals surface area contributed by atoms with Crippen LogP contribution < -0.4 is 16.0 Å². The molecule has 4 atom stereocenters. The van der Waals surface area contributed by atoms with Crippen molar-refractivity contribution in [2.24, 2.45) is 0 Å². The molecule has 3 fully saturated rings. The maximum absolute atomic E-state index is 13.7. The predicted molar refractivity (Wildman–Crippen MR) is 136 cm³/mol. The van der Waals surface area contributed by atoms with Crippen LogP contribution >= 0.6 is 11.6 Å². The molecule has 0 bridgehead atoms. The van der Waals surface area contributed by atoms with E-state index in [0.717, 1.165) is 5.01 Å². The predicted octanol–water partition coefficient (Wildman–Crippen LogP) is 0.720. The molecular formula is C25H30ClN5O8. The zero-order valence-electron chi connectivity index (χ0n) is 21.5. The fourth-order valence-corrected chi connectivity index (χ4v) is 5.07. The van der Waals surface area contributed by atoms with Crippen molar-refractivity contribution in [2.45, 2.75) is 70.4 Å². The molecule has 3 heterocycles. The van der Waals surface area contributed by atoms with Crippen LogP contribution in [0.5, 0.6) is 0 Å². The summed E-state index contributed by atoms with van der Waals surface area (Å²) >= 11 is 6.18. The Hall–Kier alpha value is -3.71. The molecule has 3 N–H and O–H groups in total. The number of nitrogens with one attached hydrogen (secondary N) is 3. The van der Waals surface area contributed by atoms with Crippen LogP contribution in [0.25, 0.3) is 0 Å². The molecule has 0 radical (unpaired) electrons. The smallest absolute Gasteiger partial charge is 0.310 e.